The van der Waals surface area contributed by atoms with Gasteiger partial charge in [0.15, 0.2) is 0 Å². The van der Waals surface area contributed by atoms with E-state index in [2.05, 4.69) is 0 Å². The third-order valence-electron chi connectivity index (χ3n) is 1.96. The van der Waals surface area contributed by atoms with E-state index in [4.69, 9.17) is 8.85 Å². The fraction of sp³-hybridized carbons (Fsp3) is 0.625. The van der Waals surface area contributed by atoms with E-state index in [1.807, 2.05) is 13.0 Å². The standard InChI is InChI=1S/C8H16O3Si2/c1-2-3-5-10-8(9)13-7-4-6-12-11-13/h3,5,13H,2,4,6-7,12H2,1H3. The van der Waals surface area contributed by atoms with Gasteiger partial charge in [-0.05, 0) is 24.6 Å². The summed E-state index contributed by atoms with van der Waals surface area (Å²) in [5.41, 5.74) is -0.0862. The van der Waals surface area contributed by atoms with E-state index in [-0.39, 0.29) is 15.4 Å². The highest BCUT2D eigenvalue weighted by Gasteiger charge is 2.25. The van der Waals surface area contributed by atoms with Crippen molar-refractivity contribution >= 4 is 24.4 Å². The molecule has 0 saturated carbocycles. The highest BCUT2D eigenvalue weighted by molar-refractivity contribution is 6.86. The summed E-state index contributed by atoms with van der Waals surface area (Å²) in [6.07, 6.45) is 5.41. The van der Waals surface area contributed by atoms with Crippen molar-refractivity contribution in [3.05, 3.63) is 12.3 Å². The summed E-state index contributed by atoms with van der Waals surface area (Å²) in [4.78, 5) is 11.4. The van der Waals surface area contributed by atoms with Crippen LogP contribution >= 0.6 is 0 Å². The monoisotopic (exact) mass is 216 g/mol. The van der Waals surface area contributed by atoms with Crippen LogP contribution in [0, 0.1) is 0 Å². The van der Waals surface area contributed by atoms with E-state index in [0.29, 0.717) is 0 Å². The highest BCUT2D eigenvalue weighted by atomic mass is 28.3. The highest BCUT2D eigenvalue weighted by Crippen LogP contribution is 2.11. The summed E-state index contributed by atoms with van der Waals surface area (Å²) in [7, 11) is -1.99. The predicted octanol–water partition coefficient (Wildman–Crippen LogP) is 1.27. The van der Waals surface area contributed by atoms with E-state index < -0.39 is 9.04 Å². The number of rotatable bonds is 3. The van der Waals surface area contributed by atoms with Gasteiger partial charge in [0.05, 0.1) is 6.26 Å². The first-order valence-electron chi connectivity index (χ1n) is 4.81. The zero-order valence-electron chi connectivity index (χ0n) is 7.99. The summed E-state index contributed by atoms with van der Waals surface area (Å²) >= 11 is 0. The molecule has 0 bridgehead atoms. The zero-order chi connectivity index (χ0) is 9.52. The Hall–Kier alpha value is -0.396. The van der Waals surface area contributed by atoms with Crippen LogP contribution in [-0.2, 0) is 8.85 Å². The van der Waals surface area contributed by atoms with Gasteiger partial charge in [-0.3, -0.25) is 4.79 Å². The van der Waals surface area contributed by atoms with Crippen molar-refractivity contribution in [3.8, 4) is 0 Å². The molecular formula is C8H16O3Si2. The second kappa shape index (κ2) is 6.12. The molecule has 1 aliphatic heterocycles. The molecular weight excluding hydrogens is 200 g/mol. The lowest BCUT2D eigenvalue weighted by atomic mass is 10.5. The second-order valence-corrected chi connectivity index (χ2v) is 7.55. The van der Waals surface area contributed by atoms with Crippen LogP contribution < -0.4 is 0 Å². The average molecular weight is 216 g/mol. The number of ether oxygens (including phenoxy) is 1. The van der Waals surface area contributed by atoms with Gasteiger partial charge >= 0.3 is 5.59 Å². The SMILES string of the molecule is CCC=COC(=O)[SiH]1CCC[SiH2]O1. The maximum atomic E-state index is 11.4. The Kier molecular flexibility index (Phi) is 5.03. The van der Waals surface area contributed by atoms with Gasteiger partial charge in [0.1, 0.15) is 9.76 Å². The minimum atomic E-state index is -1.61. The molecule has 0 spiro atoms. The molecule has 74 valence electrons. The molecule has 0 aromatic rings. The van der Waals surface area contributed by atoms with E-state index in [9.17, 15) is 4.79 Å². The van der Waals surface area contributed by atoms with Crippen LogP contribution in [0.25, 0.3) is 0 Å². The normalized spacial score (nSPS) is 25.2. The largest absolute Gasteiger partial charge is 0.455 e. The number of carbonyl (C=O) groups excluding carboxylic acids is 1. The molecule has 1 aliphatic rings. The fourth-order valence-electron chi connectivity index (χ4n) is 1.21. The van der Waals surface area contributed by atoms with Crippen LogP contribution in [0.3, 0.4) is 0 Å². The van der Waals surface area contributed by atoms with Crippen molar-refractivity contribution in [3.63, 3.8) is 0 Å². The summed E-state index contributed by atoms with van der Waals surface area (Å²) in [5.74, 6) is 0. The zero-order valence-corrected chi connectivity index (χ0v) is 10.6. The Labute approximate surface area is 82.8 Å². The minimum absolute atomic E-state index is 0.0862. The molecule has 1 unspecified atom stereocenters. The Morgan fingerprint density at radius 1 is 1.77 bits per heavy atom. The van der Waals surface area contributed by atoms with Gasteiger partial charge in [-0.15, -0.1) is 0 Å². The molecule has 1 fully saturated rings. The first-order chi connectivity index (χ1) is 6.34. The molecule has 5 heteroatoms. The number of carbonyl (C=O) groups is 1. The van der Waals surface area contributed by atoms with Gasteiger partial charge in [-0.1, -0.05) is 13.3 Å². The van der Waals surface area contributed by atoms with Gasteiger partial charge in [0, 0.05) is 0 Å². The average Bonchev–Trinajstić information content (AvgIpc) is 2.19. The molecule has 1 atom stereocenters. The topological polar surface area (TPSA) is 35.5 Å². The van der Waals surface area contributed by atoms with Crippen molar-refractivity contribution in [2.45, 2.75) is 31.9 Å². The third kappa shape index (κ3) is 3.88. The summed E-state index contributed by atoms with van der Waals surface area (Å²) in [5, 5.41) is 0. The maximum absolute atomic E-state index is 11.4. The molecule has 0 N–H and O–H groups in total. The molecule has 0 amide bonds. The summed E-state index contributed by atoms with van der Waals surface area (Å²) < 4.78 is 10.5. The number of hydrogen-bond acceptors (Lipinski definition) is 3. The molecule has 1 heterocycles. The summed E-state index contributed by atoms with van der Waals surface area (Å²) in [6.45, 7) is 2.01. The van der Waals surface area contributed by atoms with Gasteiger partial charge in [-0.25, -0.2) is 0 Å². The molecule has 3 nitrogen and oxygen atoms in total. The van der Waals surface area contributed by atoms with Crippen LogP contribution in [0.4, 0.5) is 4.79 Å². The molecule has 0 radical (unpaired) electrons. The predicted molar refractivity (Wildman–Crippen MR) is 56.9 cm³/mol. The Balaban J connectivity index is 2.25. The van der Waals surface area contributed by atoms with Gasteiger partial charge in [0.2, 0.25) is 0 Å². The number of allylic oxidation sites excluding steroid dienone is 1. The first kappa shape index (κ1) is 10.7. The quantitative estimate of drug-likeness (QED) is 0.526. The molecule has 0 aromatic heterocycles. The van der Waals surface area contributed by atoms with E-state index >= 15 is 0 Å². The van der Waals surface area contributed by atoms with Crippen molar-refractivity contribution in [2.24, 2.45) is 0 Å². The molecule has 0 aliphatic carbocycles. The Bertz CT molecular complexity index is 188. The van der Waals surface area contributed by atoms with Crippen molar-refractivity contribution in [2.75, 3.05) is 0 Å². The maximum Gasteiger partial charge on any atom is 0.303 e. The van der Waals surface area contributed by atoms with Crippen molar-refractivity contribution in [1.29, 1.82) is 0 Å². The number of hydrogen-bond donors (Lipinski definition) is 0. The van der Waals surface area contributed by atoms with E-state index in [0.717, 1.165) is 12.5 Å². The van der Waals surface area contributed by atoms with Crippen LogP contribution in [-0.4, -0.2) is 24.4 Å². The first-order valence-corrected chi connectivity index (χ1v) is 8.26. The molecule has 1 saturated heterocycles. The molecule has 0 aromatic carbocycles. The molecule has 1 rings (SSSR count). The van der Waals surface area contributed by atoms with Crippen LogP contribution in [0.1, 0.15) is 19.8 Å². The lowest BCUT2D eigenvalue weighted by Gasteiger charge is -2.18. The lowest BCUT2D eigenvalue weighted by molar-refractivity contribution is 0.206. The van der Waals surface area contributed by atoms with E-state index in [1.54, 1.807) is 0 Å². The van der Waals surface area contributed by atoms with Crippen molar-refractivity contribution < 1.29 is 13.6 Å². The van der Waals surface area contributed by atoms with Gasteiger partial charge < -0.3 is 8.85 Å². The Morgan fingerprint density at radius 3 is 3.23 bits per heavy atom. The Morgan fingerprint density at radius 2 is 2.62 bits per heavy atom. The molecule has 13 heavy (non-hydrogen) atoms. The lowest BCUT2D eigenvalue weighted by Crippen LogP contribution is -2.33. The van der Waals surface area contributed by atoms with Gasteiger partial charge in [-0.2, -0.15) is 0 Å². The fourth-order valence-corrected chi connectivity index (χ4v) is 6.43. The van der Waals surface area contributed by atoms with Crippen LogP contribution in [0.15, 0.2) is 12.3 Å². The van der Waals surface area contributed by atoms with Crippen molar-refractivity contribution in [1.82, 2.24) is 0 Å². The van der Waals surface area contributed by atoms with Crippen LogP contribution in [0.5, 0.6) is 0 Å². The van der Waals surface area contributed by atoms with Gasteiger partial charge in [0.25, 0.3) is 9.04 Å². The minimum Gasteiger partial charge on any atom is -0.455 e. The van der Waals surface area contributed by atoms with E-state index in [1.165, 1.54) is 18.7 Å². The second-order valence-electron chi connectivity index (χ2n) is 3.07. The van der Waals surface area contributed by atoms with Crippen LogP contribution in [0.2, 0.25) is 12.1 Å². The summed E-state index contributed by atoms with van der Waals surface area (Å²) in [6, 6.07) is 2.19. The third-order valence-corrected chi connectivity index (χ3v) is 6.89. The smallest absolute Gasteiger partial charge is 0.303 e.